The molecule has 130 valence electrons. The summed E-state index contributed by atoms with van der Waals surface area (Å²) in [7, 11) is 0. The number of esters is 1. The number of hydrogen-bond donors (Lipinski definition) is 1. The van der Waals surface area contributed by atoms with Crippen molar-refractivity contribution in [3.8, 4) is 5.75 Å². The quantitative estimate of drug-likeness (QED) is 0.601. The summed E-state index contributed by atoms with van der Waals surface area (Å²) in [4.78, 5) is 23.6. The summed E-state index contributed by atoms with van der Waals surface area (Å²) in [5, 5.41) is 3.22. The minimum atomic E-state index is -0.617. The summed E-state index contributed by atoms with van der Waals surface area (Å²) < 4.78 is 10.3. The maximum Gasteiger partial charge on any atom is 0.331 e. The van der Waals surface area contributed by atoms with Gasteiger partial charge in [0.15, 0.2) is 6.61 Å². The number of carbonyl (C=O) groups is 2. The summed E-state index contributed by atoms with van der Waals surface area (Å²) in [6.07, 6.45) is 2.81. The maximum atomic E-state index is 11.9. The molecule has 0 fully saturated rings. The molecule has 0 aliphatic heterocycles. The third-order valence-corrected chi connectivity index (χ3v) is 3.30. The molecule has 0 aliphatic rings. The smallest absolute Gasteiger partial charge is 0.331 e. The van der Waals surface area contributed by atoms with Crippen molar-refractivity contribution in [3.63, 3.8) is 0 Å². The summed E-state index contributed by atoms with van der Waals surface area (Å²) >= 11 is 5.86. The van der Waals surface area contributed by atoms with Crippen LogP contribution in [-0.4, -0.2) is 25.1 Å². The highest BCUT2D eigenvalue weighted by atomic mass is 35.5. The van der Waals surface area contributed by atoms with Gasteiger partial charge < -0.3 is 14.8 Å². The molecule has 0 atom stereocenters. The summed E-state index contributed by atoms with van der Waals surface area (Å²) in [5.74, 6) is -0.504. The van der Waals surface area contributed by atoms with Crippen LogP contribution in [0, 0.1) is 0 Å². The predicted molar refractivity (Wildman–Crippen MR) is 97.7 cm³/mol. The van der Waals surface area contributed by atoms with Crippen molar-refractivity contribution in [1.82, 2.24) is 0 Å². The van der Waals surface area contributed by atoms with Crippen LogP contribution >= 0.6 is 11.6 Å². The van der Waals surface area contributed by atoms with E-state index in [2.05, 4.69) is 5.32 Å². The number of ether oxygens (including phenoxy) is 2. The van der Waals surface area contributed by atoms with Gasteiger partial charge in [-0.3, -0.25) is 4.79 Å². The van der Waals surface area contributed by atoms with E-state index in [-0.39, 0.29) is 6.61 Å². The van der Waals surface area contributed by atoms with Crippen LogP contribution in [0.25, 0.3) is 6.08 Å². The number of hydrogen-bond acceptors (Lipinski definition) is 4. The molecule has 25 heavy (non-hydrogen) atoms. The van der Waals surface area contributed by atoms with Crippen LogP contribution in [0.3, 0.4) is 0 Å². The molecule has 2 rings (SSSR count). The van der Waals surface area contributed by atoms with Crippen molar-refractivity contribution in [2.45, 2.75) is 6.92 Å². The van der Waals surface area contributed by atoms with E-state index < -0.39 is 11.9 Å². The first-order valence-corrected chi connectivity index (χ1v) is 8.08. The van der Waals surface area contributed by atoms with E-state index in [1.54, 1.807) is 54.6 Å². The molecular weight excluding hydrogens is 342 g/mol. The van der Waals surface area contributed by atoms with E-state index in [1.807, 2.05) is 6.92 Å². The normalized spacial score (nSPS) is 10.5. The van der Waals surface area contributed by atoms with Gasteiger partial charge in [0.05, 0.1) is 12.3 Å². The van der Waals surface area contributed by atoms with Crippen LogP contribution in [0.2, 0.25) is 5.02 Å². The van der Waals surface area contributed by atoms with Gasteiger partial charge in [-0.25, -0.2) is 4.79 Å². The first-order valence-electron chi connectivity index (χ1n) is 7.70. The third kappa shape index (κ3) is 6.31. The number of rotatable bonds is 7. The molecule has 0 saturated carbocycles. The number of nitrogens with one attached hydrogen (secondary N) is 1. The number of para-hydroxylation sites is 2. The van der Waals surface area contributed by atoms with Gasteiger partial charge in [0, 0.05) is 11.1 Å². The molecule has 5 nitrogen and oxygen atoms in total. The number of amides is 1. The molecule has 6 heteroatoms. The largest absolute Gasteiger partial charge is 0.492 e. The Labute approximate surface area is 151 Å². The Balaban J connectivity index is 1.84. The fraction of sp³-hybridized carbons (Fsp3) is 0.158. The molecule has 1 N–H and O–H groups in total. The SMILES string of the molecule is CCOc1ccccc1NC(=O)COC(=O)/C=C/c1cccc(Cl)c1. The van der Waals surface area contributed by atoms with Gasteiger partial charge in [-0.05, 0) is 42.8 Å². The Bertz CT molecular complexity index is 774. The molecule has 0 aliphatic carbocycles. The summed E-state index contributed by atoms with van der Waals surface area (Å²) in [6, 6.07) is 14.1. The maximum absolute atomic E-state index is 11.9. The lowest BCUT2D eigenvalue weighted by Crippen LogP contribution is -2.20. The topological polar surface area (TPSA) is 64.6 Å². The predicted octanol–water partition coefficient (Wildman–Crippen LogP) is 3.93. The number of halogens is 1. The molecular formula is C19H18ClNO4. The van der Waals surface area contributed by atoms with E-state index in [4.69, 9.17) is 21.1 Å². The van der Waals surface area contributed by atoms with E-state index >= 15 is 0 Å². The van der Waals surface area contributed by atoms with Crippen molar-refractivity contribution in [1.29, 1.82) is 0 Å². The van der Waals surface area contributed by atoms with Crippen molar-refractivity contribution >= 4 is 35.2 Å². The third-order valence-electron chi connectivity index (χ3n) is 3.07. The molecule has 1 amide bonds. The van der Waals surface area contributed by atoms with Gasteiger partial charge in [0.2, 0.25) is 0 Å². The Morgan fingerprint density at radius 3 is 2.72 bits per heavy atom. The molecule has 0 bridgehead atoms. The van der Waals surface area contributed by atoms with E-state index in [0.29, 0.717) is 23.1 Å². The number of benzene rings is 2. The molecule has 0 heterocycles. The van der Waals surface area contributed by atoms with E-state index in [1.165, 1.54) is 6.08 Å². The second-order valence-electron chi connectivity index (χ2n) is 4.97. The van der Waals surface area contributed by atoms with Crippen LogP contribution in [0.4, 0.5) is 5.69 Å². The van der Waals surface area contributed by atoms with Crippen LogP contribution in [0.15, 0.2) is 54.6 Å². The van der Waals surface area contributed by atoms with Crippen LogP contribution in [-0.2, 0) is 14.3 Å². The molecule has 0 spiro atoms. The number of carbonyl (C=O) groups excluding carboxylic acids is 2. The monoisotopic (exact) mass is 359 g/mol. The molecule has 2 aromatic rings. The first kappa shape index (κ1) is 18.5. The van der Waals surface area contributed by atoms with Gasteiger partial charge in [-0.15, -0.1) is 0 Å². The lowest BCUT2D eigenvalue weighted by atomic mass is 10.2. The Kier molecular flexibility index (Phi) is 7.04. The highest BCUT2D eigenvalue weighted by Gasteiger charge is 2.09. The van der Waals surface area contributed by atoms with Crippen molar-refractivity contribution < 1.29 is 19.1 Å². The standard InChI is InChI=1S/C19H18ClNO4/c1-2-24-17-9-4-3-8-16(17)21-18(22)13-25-19(23)11-10-14-6-5-7-15(20)12-14/h3-12H,2,13H2,1H3,(H,21,22)/b11-10+. The van der Waals surface area contributed by atoms with Gasteiger partial charge in [-0.1, -0.05) is 35.9 Å². The van der Waals surface area contributed by atoms with Crippen LogP contribution < -0.4 is 10.1 Å². The number of anilines is 1. The van der Waals surface area contributed by atoms with Gasteiger partial charge in [-0.2, -0.15) is 0 Å². The van der Waals surface area contributed by atoms with Gasteiger partial charge in [0.1, 0.15) is 5.75 Å². The lowest BCUT2D eigenvalue weighted by molar-refractivity contribution is -0.142. The lowest BCUT2D eigenvalue weighted by Gasteiger charge is -2.11. The van der Waals surface area contributed by atoms with Crippen molar-refractivity contribution in [3.05, 3.63) is 65.2 Å². The first-order chi connectivity index (χ1) is 12.1. The summed E-state index contributed by atoms with van der Waals surface area (Å²) in [5.41, 5.74) is 1.29. The molecule has 0 aromatic heterocycles. The Hall–Kier alpha value is -2.79. The molecule has 2 aromatic carbocycles. The second-order valence-corrected chi connectivity index (χ2v) is 5.41. The van der Waals surface area contributed by atoms with E-state index in [0.717, 1.165) is 5.56 Å². The Morgan fingerprint density at radius 1 is 1.16 bits per heavy atom. The zero-order valence-electron chi connectivity index (χ0n) is 13.7. The van der Waals surface area contributed by atoms with E-state index in [9.17, 15) is 9.59 Å². The van der Waals surface area contributed by atoms with Crippen molar-refractivity contribution in [2.24, 2.45) is 0 Å². The minimum Gasteiger partial charge on any atom is -0.492 e. The highest BCUT2D eigenvalue weighted by Crippen LogP contribution is 2.23. The fourth-order valence-electron chi connectivity index (χ4n) is 2.00. The second kappa shape index (κ2) is 9.49. The Morgan fingerprint density at radius 2 is 1.96 bits per heavy atom. The van der Waals surface area contributed by atoms with Gasteiger partial charge >= 0.3 is 5.97 Å². The molecule has 0 radical (unpaired) electrons. The molecule has 0 saturated heterocycles. The van der Waals surface area contributed by atoms with Gasteiger partial charge in [0.25, 0.3) is 5.91 Å². The zero-order valence-corrected chi connectivity index (χ0v) is 14.5. The van der Waals surface area contributed by atoms with Crippen LogP contribution in [0.5, 0.6) is 5.75 Å². The average molecular weight is 360 g/mol. The zero-order chi connectivity index (χ0) is 18.1. The van der Waals surface area contributed by atoms with Crippen LogP contribution in [0.1, 0.15) is 12.5 Å². The average Bonchev–Trinajstić information content (AvgIpc) is 2.60. The van der Waals surface area contributed by atoms with Crippen molar-refractivity contribution in [2.75, 3.05) is 18.5 Å². The minimum absolute atomic E-state index is 0.390. The summed E-state index contributed by atoms with van der Waals surface area (Å²) in [6.45, 7) is 1.95. The highest BCUT2D eigenvalue weighted by molar-refractivity contribution is 6.30. The fourth-order valence-corrected chi connectivity index (χ4v) is 2.20. The molecule has 0 unspecified atom stereocenters.